The van der Waals surface area contributed by atoms with Gasteiger partial charge in [-0.05, 0) is 5.56 Å². The second-order valence-corrected chi connectivity index (χ2v) is 4.75. The fraction of sp³-hybridized carbons (Fsp3) is 0.273. The lowest BCUT2D eigenvalue weighted by Crippen LogP contribution is -2.23. The second-order valence-electron chi connectivity index (χ2n) is 3.69. The van der Waals surface area contributed by atoms with Gasteiger partial charge in [0.25, 0.3) is 5.69 Å². The van der Waals surface area contributed by atoms with Crippen molar-refractivity contribution in [3.63, 3.8) is 0 Å². The van der Waals surface area contributed by atoms with Crippen molar-refractivity contribution in [1.82, 2.24) is 4.90 Å². The molecule has 0 atom stereocenters. The summed E-state index contributed by atoms with van der Waals surface area (Å²) in [6, 6.07) is 6.43. The summed E-state index contributed by atoms with van der Waals surface area (Å²) >= 11 is 1.55. The highest BCUT2D eigenvalue weighted by Gasteiger charge is 2.19. The third kappa shape index (κ3) is 2.78. The average molecular weight is 262 g/mol. The lowest BCUT2D eigenvalue weighted by molar-refractivity contribution is -0.384. The van der Waals surface area contributed by atoms with Crippen LogP contribution in [0.15, 0.2) is 29.3 Å². The maximum Gasteiger partial charge on any atom is 0.269 e. The molecule has 0 aliphatic carbocycles. The van der Waals surface area contributed by atoms with Gasteiger partial charge in [0.05, 0.1) is 4.92 Å². The summed E-state index contributed by atoms with van der Waals surface area (Å²) in [5.41, 5.74) is 1.05. The van der Waals surface area contributed by atoms with E-state index in [9.17, 15) is 10.1 Å². The van der Waals surface area contributed by atoms with Crippen molar-refractivity contribution in [2.24, 2.45) is 4.99 Å². The van der Waals surface area contributed by atoms with Crippen LogP contribution in [0.3, 0.4) is 0 Å². The first-order valence-electron chi connectivity index (χ1n) is 5.28. The van der Waals surface area contributed by atoms with E-state index in [1.807, 2.05) is 4.90 Å². The predicted molar refractivity (Wildman–Crippen MR) is 69.0 cm³/mol. The molecule has 0 unspecified atom stereocenters. The Hall–Kier alpha value is -2.07. The fourth-order valence-electron chi connectivity index (χ4n) is 1.67. The van der Waals surface area contributed by atoms with E-state index in [4.69, 9.17) is 5.26 Å². The summed E-state index contributed by atoms with van der Waals surface area (Å²) in [6.45, 7) is 1.45. The molecule has 0 N–H and O–H groups in total. The Morgan fingerprint density at radius 1 is 1.50 bits per heavy atom. The molecule has 1 heterocycles. The monoisotopic (exact) mass is 262 g/mol. The maximum absolute atomic E-state index is 10.5. The SMILES string of the molecule is N#CN=C1SCCN1Cc1ccc([N+](=O)[O-])cc1. The molecular weight excluding hydrogens is 252 g/mol. The van der Waals surface area contributed by atoms with Crippen LogP contribution >= 0.6 is 11.8 Å². The van der Waals surface area contributed by atoms with E-state index in [-0.39, 0.29) is 5.69 Å². The van der Waals surface area contributed by atoms with Crippen molar-refractivity contribution < 1.29 is 4.92 Å². The Bertz CT molecular complexity index is 521. The summed E-state index contributed by atoms with van der Waals surface area (Å²) in [5, 5.41) is 19.8. The highest BCUT2D eigenvalue weighted by atomic mass is 32.2. The second kappa shape index (κ2) is 5.51. The third-order valence-electron chi connectivity index (χ3n) is 2.53. The zero-order chi connectivity index (χ0) is 13.0. The molecule has 1 aliphatic rings. The van der Waals surface area contributed by atoms with Gasteiger partial charge in [-0.1, -0.05) is 23.9 Å². The molecule has 1 aromatic carbocycles. The molecule has 2 rings (SSSR count). The first-order chi connectivity index (χ1) is 8.70. The van der Waals surface area contributed by atoms with Crippen LogP contribution in [0.2, 0.25) is 0 Å². The molecule has 1 aliphatic heterocycles. The van der Waals surface area contributed by atoms with E-state index < -0.39 is 4.92 Å². The quantitative estimate of drug-likeness (QED) is 0.472. The number of nitro groups is 1. The summed E-state index contributed by atoms with van der Waals surface area (Å²) in [5.74, 6) is 0.910. The molecule has 0 radical (unpaired) electrons. The van der Waals surface area contributed by atoms with Crippen molar-refractivity contribution in [1.29, 1.82) is 5.26 Å². The molecule has 7 heteroatoms. The summed E-state index contributed by atoms with van der Waals surface area (Å²) < 4.78 is 0. The van der Waals surface area contributed by atoms with Crippen LogP contribution in [0, 0.1) is 21.6 Å². The Morgan fingerprint density at radius 3 is 2.83 bits per heavy atom. The van der Waals surface area contributed by atoms with Gasteiger partial charge < -0.3 is 4.90 Å². The first-order valence-corrected chi connectivity index (χ1v) is 6.27. The van der Waals surface area contributed by atoms with Crippen molar-refractivity contribution in [2.45, 2.75) is 6.54 Å². The summed E-state index contributed by atoms with van der Waals surface area (Å²) in [6.07, 6.45) is 1.79. The Labute approximate surface area is 108 Å². The zero-order valence-electron chi connectivity index (χ0n) is 9.44. The van der Waals surface area contributed by atoms with Gasteiger partial charge in [-0.2, -0.15) is 5.26 Å². The number of non-ortho nitro benzene ring substituents is 1. The third-order valence-corrected chi connectivity index (χ3v) is 3.52. The molecule has 0 aromatic heterocycles. The number of amidine groups is 1. The van der Waals surface area contributed by atoms with Gasteiger partial charge in [0.15, 0.2) is 5.17 Å². The van der Waals surface area contributed by atoms with Gasteiger partial charge in [0.1, 0.15) is 0 Å². The van der Waals surface area contributed by atoms with Crippen molar-refractivity contribution in [2.75, 3.05) is 12.3 Å². The van der Waals surface area contributed by atoms with E-state index >= 15 is 0 Å². The van der Waals surface area contributed by atoms with Crippen LogP contribution in [0.5, 0.6) is 0 Å². The minimum Gasteiger partial charge on any atom is -0.345 e. The first kappa shape index (κ1) is 12.4. The van der Waals surface area contributed by atoms with Gasteiger partial charge in [0.2, 0.25) is 6.19 Å². The number of nitriles is 1. The van der Waals surface area contributed by atoms with Crippen molar-refractivity contribution in [3.8, 4) is 6.19 Å². The van der Waals surface area contributed by atoms with Gasteiger partial charge >= 0.3 is 0 Å². The molecule has 1 fully saturated rings. The maximum atomic E-state index is 10.5. The number of nitro benzene ring substituents is 1. The molecule has 0 amide bonds. The van der Waals surface area contributed by atoms with Crippen molar-refractivity contribution >= 4 is 22.6 Å². The minimum atomic E-state index is -0.419. The van der Waals surface area contributed by atoms with Gasteiger partial charge in [-0.3, -0.25) is 10.1 Å². The number of hydrogen-bond acceptors (Lipinski definition) is 5. The van der Waals surface area contributed by atoms with Gasteiger partial charge in [-0.15, -0.1) is 4.99 Å². The fourth-order valence-corrected chi connectivity index (χ4v) is 2.61. The van der Waals surface area contributed by atoms with E-state index in [0.717, 1.165) is 23.0 Å². The Morgan fingerprint density at radius 2 is 2.22 bits per heavy atom. The number of benzene rings is 1. The van der Waals surface area contributed by atoms with Crippen LogP contribution in [0.4, 0.5) is 5.69 Å². The van der Waals surface area contributed by atoms with Crippen LogP contribution in [0.1, 0.15) is 5.56 Å². The summed E-state index contributed by atoms with van der Waals surface area (Å²) in [7, 11) is 0. The normalized spacial score (nSPS) is 16.8. The van der Waals surface area contributed by atoms with Crippen LogP contribution in [-0.2, 0) is 6.54 Å². The smallest absolute Gasteiger partial charge is 0.269 e. The zero-order valence-corrected chi connectivity index (χ0v) is 10.3. The number of nitrogens with zero attached hydrogens (tertiary/aromatic N) is 4. The lowest BCUT2D eigenvalue weighted by atomic mass is 10.2. The average Bonchev–Trinajstić information content (AvgIpc) is 2.78. The molecule has 0 saturated carbocycles. The van der Waals surface area contributed by atoms with E-state index in [0.29, 0.717) is 6.54 Å². The number of aliphatic imine (C=N–C) groups is 1. The molecule has 6 nitrogen and oxygen atoms in total. The van der Waals surface area contributed by atoms with E-state index in [2.05, 4.69) is 4.99 Å². The largest absolute Gasteiger partial charge is 0.345 e. The Kier molecular flexibility index (Phi) is 3.79. The molecule has 0 spiro atoms. The van der Waals surface area contributed by atoms with Crippen LogP contribution in [0.25, 0.3) is 0 Å². The number of rotatable bonds is 3. The van der Waals surface area contributed by atoms with Crippen LogP contribution in [-0.4, -0.2) is 27.3 Å². The Balaban J connectivity index is 2.08. The van der Waals surface area contributed by atoms with Gasteiger partial charge in [0, 0.05) is 31.0 Å². The molecule has 1 aromatic rings. The highest BCUT2D eigenvalue weighted by Crippen LogP contribution is 2.21. The van der Waals surface area contributed by atoms with Gasteiger partial charge in [-0.25, -0.2) is 0 Å². The number of hydrogen-bond donors (Lipinski definition) is 0. The minimum absolute atomic E-state index is 0.0838. The molecule has 92 valence electrons. The topological polar surface area (TPSA) is 82.5 Å². The molecule has 18 heavy (non-hydrogen) atoms. The number of thioether (sulfide) groups is 1. The van der Waals surface area contributed by atoms with Crippen LogP contribution < -0.4 is 0 Å². The molecular formula is C11H10N4O2S. The van der Waals surface area contributed by atoms with Crippen molar-refractivity contribution in [3.05, 3.63) is 39.9 Å². The molecule has 0 bridgehead atoms. The van der Waals surface area contributed by atoms with E-state index in [1.54, 1.807) is 30.1 Å². The van der Waals surface area contributed by atoms with E-state index in [1.165, 1.54) is 12.1 Å². The highest BCUT2D eigenvalue weighted by molar-refractivity contribution is 8.14. The molecule has 1 saturated heterocycles. The standard InChI is InChI=1S/C11H10N4O2S/c12-8-13-11-14(5-6-18-11)7-9-1-3-10(4-2-9)15(16)17/h1-4H,5-7H2. The summed E-state index contributed by atoms with van der Waals surface area (Å²) in [4.78, 5) is 15.9. The lowest BCUT2D eigenvalue weighted by Gasteiger charge is -2.16. The predicted octanol–water partition coefficient (Wildman–Crippen LogP) is 1.98.